The second kappa shape index (κ2) is 7.44. The van der Waals surface area contributed by atoms with Crippen LogP contribution in [0.3, 0.4) is 0 Å². The first-order valence-corrected chi connectivity index (χ1v) is 12.3. The number of aromatic amines is 1. The van der Waals surface area contributed by atoms with E-state index in [1.165, 1.54) is 27.8 Å². The number of nitrogens with one attached hydrogen (secondary N) is 1. The lowest BCUT2D eigenvalue weighted by Gasteiger charge is -2.14. The van der Waals surface area contributed by atoms with Gasteiger partial charge < -0.3 is 9.88 Å². The predicted octanol–water partition coefficient (Wildman–Crippen LogP) is 5.76. The summed E-state index contributed by atoms with van der Waals surface area (Å²) in [6, 6.07) is 8.65. The van der Waals surface area contributed by atoms with Gasteiger partial charge in [0, 0.05) is 82.0 Å². The average Bonchev–Trinajstić information content (AvgIpc) is 3.23. The summed E-state index contributed by atoms with van der Waals surface area (Å²) in [6.45, 7) is 4.28. The standard InChI is InChI=1S/C21H22IN5S/c1-12-16(17-11-24-27(5)13(17)2)10-23-20-18(12)19(21(25-20)28-22)14-7-6-8-15(9-14)26(3)4/h6-11H,1-5H3,(H,23,25). The van der Waals surface area contributed by atoms with Crippen LogP contribution in [0.1, 0.15) is 11.3 Å². The van der Waals surface area contributed by atoms with Crippen molar-refractivity contribution in [3.8, 4) is 22.3 Å². The third-order valence-corrected chi connectivity index (χ3v) is 7.08. The maximum absolute atomic E-state index is 4.76. The Hall–Kier alpha value is -2.00. The topological polar surface area (TPSA) is 49.7 Å². The summed E-state index contributed by atoms with van der Waals surface area (Å²) >= 11 is 2.34. The Morgan fingerprint density at radius 2 is 1.93 bits per heavy atom. The van der Waals surface area contributed by atoms with Gasteiger partial charge in [0.25, 0.3) is 0 Å². The van der Waals surface area contributed by atoms with Gasteiger partial charge in [-0.3, -0.25) is 4.68 Å². The summed E-state index contributed by atoms with van der Waals surface area (Å²) in [4.78, 5) is 10.4. The zero-order valence-electron chi connectivity index (χ0n) is 16.5. The molecule has 0 bridgehead atoms. The van der Waals surface area contributed by atoms with Crippen LogP contribution in [0.4, 0.5) is 5.69 Å². The fourth-order valence-corrected chi connectivity index (χ4v) is 5.02. The van der Waals surface area contributed by atoms with E-state index >= 15 is 0 Å². The number of benzene rings is 1. The van der Waals surface area contributed by atoms with Gasteiger partial charge in [-0.2, -0.15) is 5.10 Å². The van der Waals surface area contributed by atoms with Gasteiger partial charge in [0.15, 0.2) is 0 Å². The van der Waals surface area contributed by atoms with Crippen LogP contribution >= 0.6 is 30.1 Å². The van der Waals surface area contributed by atoms with E-state index in [0.29, 0.717) is 0 Å². The molecule has 0 aliphatic rings. The van der Waals surface area contributed by atoms with Crippen molar-refractivity contribution in [2.45, 2.75) is 18.9 Å². The van der Waals surface area contributed by atoms with Crippen molar-refractivity contribution in [2.75, 3.05) is 19.0 Å². The molecule has 0 aliphatic heterocycles. The Balaban J connectivity index is 2.02. The second-order valence-electron chi connectivity index (χ2n) is 7.14. The molecule has 0 amide bonds. The molecule has 1 N–H and O–H groups in total. The van der Waals surface area contributed by atoms with Crippen LogP contribution < -0.4 is 4.90 Å². The van der Waals surface area contributed by atoms with E-state index in [1.54, 1.807) is 8.93 Å². The van der Waals surface area contributed by atoms with Crippen molar-refractivity contribution in [3.63, 3.8) is 0 Å². The zero-order valence-corrected chi connectivity index (χ0v) is 19.5. The second-order valence-corrected chi connectivity index (χ2v) is 9.02. The van der Waals surface area contributed by atoms with Gasteiger partial charge in [-0.15, -0.1) is 0 Å². The van der Waals surface area contributed by atoms with E-state index in [2.05, 4.69) is 88.4 Å². The lowest BCUT2D eigenvalue weighted by Crippen LogP contribution is -2.08. The maximum Gasteiger partial charge on any atom is 0.139 e. The third kappa shape index (κ3) is 3.10. The summed E-state index contributed by atoms with van der Waals surface area (Å²) in [5.41, 5.74) is 9.14. The molecule has 0 atom stereocenters. The highest BCUT2D eigenvalue weighted by Crippen LogP contribution is 2.43. The Kier molecular flexibility index (Phi) is 5.13. The summed E-state index contributed by atoms with van der Waals surface area (Å²) in [5, 5.41) is 6.72. The first-order valence-electron chi connectivity index (χ1n) is 8.99. The van der Waals surface area contributed by atoms with Crippen LogP contribution in [0.25, 0.3) is 33.3 Å². The number of H-pyrrole nitrogens is 1. The summed E-state index contributed by atoms with van der Waals surface area (Å²) in [6.07, 6.45) is 3.89. The third-order valence-electron chi connectivity index (χ3n) is 5.30. The smallest absolute Gasteiger partial charge is 0.139 e. The summed E-state index contributed by atoms with van der Waals surface area (Å²) in [7, 11) is 7.80. The molecule has 0 aliphatic carbocycles. The molecule has 7 heteroatoms. The monoisotopic (exact) mass is 503 g/mol. The molecule has 3 aromatic heterocycles. The highest BCUT2D eigenvalue weighted by atomic mass is 127. The lowest BCUT2D eigenvalue weighted by atomic mass is 9.97. The number of anilines is 1. The van der Waals surface area contributed by atoms with Crippen LogP contribution in [0, 0.1) is 13.8 Å². The van der Waals surface area contributed by atoms with Crippen LogP contribution in [0.15, 0.2) is 41.7 Å². The van der Waals surface area contributed by atoms with Gasteiger partial charge in [-0.1, -0.05) is 12.1 Å². The van der Waals surface area contributed by atoms with Crippen LogP contribution in [-0.2, 0) is 7.05 Å². The molecule has 4 aromatic rings. The molecule has 4 rings (SSSR count). The van der Waals surface area contributed by atoms with E-state index in [1.807, 2.05) is 24.1 Å². The Morgan fingerprint density at radius 3 is 2.57 bits per heavy atom. The molecule has 0 saturated heterocycles. The number of rotatable bonds is 4. The van der Waals surface area contributed by atoms with E-state index in [4.69, 9.17) is 4.98 Å². The van der Waals surface area contributed by atoms with Crippen LogP contribution in [-0.4, -0.2) is 33.8 Å². The van der Waals surface area contributed by atoms with Crippen molar-refractivity contribution in [1.29, 1.82) is 0 Å². The van der Waals surface area contributed by atoms with Gasteiger partial charge in [0.2, 0.25) is 0 Å². The number of pyridine rings is 1. The molecule has 3 heterocycles. The van der Waals surface area contributed by atoms with Crippen molar-refractivity contribution in [1.82, 2.24) is 19.7 Å². The van der Waals surface area contributed by atoms with E-state index in [9.17, 15) is 0 Å². The fourth-order valence-electron chi connectivity index (χ4n) is 3.59. The number of aromatic nitrogens is 4. The maximum atomic E-state index is 4.76. The van der Waals surface area contributed by atoms with Gasteiger partial charge in [0.05, 0.1) is 11.2 Å². The molecule has 0 saturated carbocycles. The van der Waals surface area contributed by atoms with Gasteiger partial charge in [-0.05, 0) is 46.0 Å². The Morgan fingerprint density at radius 1 is 1.14 bits per heavy atom. The number of hydrogen-bond donors (Lipinski definition) is 1. The molecule has 0 radical (unpaired) electrons. The highest BCUT2D eigenvalue weighted by Gasteiger charge is 2.20. The molecular formula is C21H22IN5S. The first kappa shape index (κ1) is 19.3. The molecule has 1 aromatic carbocycles. The number of fused-ring (bicyclic) bond motifs is 1. The van der Waals surface area contributed by atoms with Crippen molar-refractivity contribution in [3.05, 3.63) is 47.9 Å². The van der Waals surface area contributed by atoms with Crippen LogP contribution in [0.2, 0.25) is 0 Å². The van der Waals surface area contributed by atoms with Crippen molar-refractivity contribution >= 4 is 46.9 Å². The molecule has 144 valence electrons. The largest absolute Gasteiger partial charge is 0.378 e. The highest BCUT2D eigenvalue weighted by molar-refractivity contribution is 14.2. The number of halogens is 1. The van der Waals surface area contributed by atoms with E-state index in [-0.39, 0.29) is 0 Å². The average molecular weight is 503 g/mol. The fraction of sp³-hybridized carbons (Fsp3) is 0.238. The lowest BCUT2D eigenvalue weighted by molar-refractivity contribution is 0.740. The molecular weight excluding hydrogens is 481 g/mol. The van der Waals surface area contributed by atoms with Gasteiger partial charge in [0.1, 0.15) is 5.65 Å². The van der Waals surface area contributed by atoms with E-state index in [0.717, 1.165) is 27.5 Å². The number of nitrogens with zero attached hydrogens (tertiary/aromatic N) is 4. The quantitative estimate of drug-likeness (QED) is 0.360. The minimum atomic E-state index is 0.923. The van der Waals surface area contributed by atoms with Crippen molar-refractivity contribution < 1.29 is 0 Å². The summed E-state index contributed by atoms with van der Waals surface area (Å²) < 4.78 is 1.91. The molecule has 0 unspecified atom stereocenters. The number of aryl methyl sites for hydroxylation is 2. The van der Waals surface area contributed by atoms with E-state index < -0.39 is 0 Å². The molecule has 5 nitrogen and oxygen atoms in total. The van der Waals surface area contributed by atoms with Crippen LogP contribution in [0.5, 0.6) is 0 Å². The van der Waals surface area contributed by atoms with Crippen molar-refractivity contribution in [2.24, 2.45) is 7.05 Å². The molecule has 28 heavy (non-hydrogen) atoms. The zero-order chi connectivity index (χ0) is 20.0. The SMILES string of the molecule is Cc1c(-c2cnn(C)c2C)cnc2[nH]c(SI)c(-c3cccc(N(C)C)c3)c12. The molecule has 0 fully saturated rings. The normalized spacial score (nSPS) is 11.4. The number of hydrogen-bond acceptors (Lipinski definition) is 4. The summed E-state index contributed by atoms with van der Waals surface area (Å²) in [5.74, 6) is 0. The van der Waals surface area contributed by atoms with Gasteiger partial charge in [-0.25, -0.2) is 4.98 Å². The minimum absolute atomic E-state index is 0.923. The first-order chi connectivity index (χ1) is 13.4. The Labute approximate surface area is 181 Å². The minimum Gasteiger partial charge on any atom is -0.378 e. The van der Waals surface area contributed by atoms with Gasteiger partial charge >= 0.3 is 0 Å². The Bertz CT molecular complexity index is 1180. The predicted molar refractivity (Wildman–Crippen MR) is 127 cm³/mol. The molecule has 0 spiro atoms.